The molecule has 19 heavy (non-hydrogen) atoms. The molecule has 1 fully saturated rings. The molecule has 0 N–H and O–H groups in total. The monoisotopic (exact) mass is 266 g/mol. The first kappa shape index (κ1) is 14.5. The topological polar surface area (TPSA) is 45.4 Å². The van der Waals surface area contributed by atoms with Crippen LogP contribution in [0.4, 0.5) is 0 Å². The van der Waals surface area contributed by atoms with E-state index >= 15 is 0 Å². The molecule has 0 aliphatic carbocycles. The Kier molecular flexibility index (Phi) is 4.93. The van der Waals surface area contributed by atoms with Crippen LogP contribution in [-0.2, 0) is 0 Å². The SMILES string of the molecule is Cc1nnc([C@@H](C)N2CCC(CCN(C)C)CC2)o1. The molecule has 0 radical (unpaired) electrons. The van der Waals surface area contributed by atoms with Crippen molar-refractivity contribution in [1.82, 2.24) is 20.0 Å². The summed E-state index contributed by atoms with van der Waals surface area (Å²) in [5.41, 5.74) is 0. The van der Waals surface area contributed by atoms with E-state index in [4.69, 9.17) is 4.42 Å². The minimum Gasteiger partial charge on any atom is -0.424 e. The lowest BCUT2D eigenvalue weighted by molar-refractivity contribution is 0.118. The summed E-state index contributed by atoms with van der Waals surface area (Å²) in [5, 5.41) is 8.05. The van der Waals surface area contributed by atoms with E-state index in [0.29, 0.717) is 5.89 Å². The predicted octanol–water partition coefficient (Wildman–Crippen LogP) is 2.10. The van der Waals surface area contributed by atoms with E-state index in [0.717, 1.165) is 24.9 Å². The van der Waals surface area contributed by atoms with Gasteiger partial charge in [0.2, 0.25) is 11.8 Å². The van der Waals surface area contributed by atoms with Gasteiger partial charge in [0.25, 0.3) is 0 Å². The molecule has 1 aromatic heterocycles. The number of likely N-dealkylation sites (tertiary alicyclic amines) is 1. The Bertz CT molecular complexity index is 383. The van der Waals surface area contributed by atoms with Crippen LogP contribution in [0.3, 0.4) is 0 Å². The first-order valence-corrected chi connectivity index (χ1v) is 7.25. The van der Waals surface area contributed by atoms with Crippen LogP contribution in [0.5, 0.6) is 0 Å². The smallest absolute Gasteiger partial charge is 0.233 e. The van der Waals surface area contributed by atoms with Gasteiger partial charge in [-0.15, -0.1) is 10.2 Å². The van der Waals surface area contributed by atoms with Crippen LogP contribution in [0.25, 0.3) is 0 Å². The fourth-order valence-corrected chi connectivity index (χ4v) is 2.71. The lowest BCUT2D eigenvalue weighted by atomic mass is 9.92. The number of rotatable bonds is 5. The summed E-state index contributed by atoms with van der Waals surface area (Å²) in [5.74, 6) is 2.28. The van der Waals surface area contributed by atoms with Gasteiger partial charge in [-0.3, -0.25) is 4.90 Å². The molecular formula is C14H26N4O. The van der Waals surface area contributed by atoms with Crippen molar-refractivity contribution < 1.29 is 4.42 Å². The number of hydrogen-bond donors (Lipinski definition) is 0. The maximum atomic E-state index is 5.53. The largest absolute Gasteiger partial charge is 0.424 e. The van der Waals surface area contributed by atoms with Crippen LogP contribution in [0, 0.1) is 12.8 Å². The zero-order valence-corrected chi connectivity index (χ0v) is 12.6. The fraction of sp³-hybridized carbons (Fsp3) is 0.857. The number of hydrogen-bond acceptors (Lipinski definition) is 5. The van der Waals surface area contributed by atoms with E-state index in [1.165, 1.54) is 25.8 Å². The Hall–Kier alpha value is -0.940. The summed E-state index contributed by atoms with van der Waals surface area (Å²) in [7, 11) is 4.30. The molecule has 1 aliphatic heterocycles. The molecule has 0 saturated carbocycles. The maximum absolute atomic E-state index is 5.53. The van der Waals surface area contributed by atoms with Crippen LogP contribution >= 0.6 is 0 Å². The van der Waals surface area contributed by atoms with Crippen molar-refractivity contribution in [3.05, 3.63) is 11.8 Å². The van der Waals surface area contributed by atoms with E-state index in [9.17, 15) is 0 Å². The lowest BCUT2D eigenvalue weighted by Gasteiger charge is -2.34. The number of aryl methyl sites for hydroxylation is 1. The average Bonchev–Trinajstić information content (AvgIpc) is 2.83. The minimum absolute atomic E-state index is 0.246. The summed E-state index contributed by atoms with van der Waals surface area (Å²) >= 11 is 0. The summed E-state index contributed by atoms with van der Waals surface area (Å²) in [6.07, 6.45) is 3.88. The van der Waals surface area contributed by atoms with Crippen LogP contribution < -0.4 is 0 Å². The highest BCUT2D eigenvalue weighted by atomic mass is 16.4. The second-order valence-corrected chi connectivity index (χ2v) is 5.91. The molecule has 5 nitrogen and oxygen atoms in total. The molecule has 0 spiro atoms. The number of aromatic nitrogens is 2. The average molecular weight is 266 g/mol. The molecule has 0 amide bonds. The molecule has 1 aliphatic rings. The van der Waals surface area contributed by atoms with Crippen molar-refractivity contribution in [2.24, 2.45) is 5.92 Å². The Morgan fingerprint density at radius 2 is 2.00 bits per heavy atom. The molecule has 0 unspecified atom stereocenters. The van der Waals surface area contributed by atoms with E-state index < -0.39 is 0 Å². The molecule has 2 rings (SSSR count). The predicted molar refractivity (Wildman–Crippen MR) is 74.9 cm³/mol. The molecule has 108 valence electrons. The zero-order chi connectivity index (χ0) is 13.8. The number of piperidine rings is 1. The van der Waals surface area contributed by atoms with Gasteiger partial charge in [-0.2, -0.15) is 0 Å². The van der Waals surface area contributed by atoms with Crippen molar-refractivity contribution in [3.63, 3.8) is 0 Å². The third-order valence-electron chi connectivity index (χ3n) is 4.08. The molecule has 0 bridgehead atoms. The van der Waals surface area contributed by atoms with Crippen molar-refractivity contribution in [2.45, 2.75) is 39.2 Å². The summed E-state index contributed by atoms with van der Waals surface area (Å²) < 4.78 is 5.53. The van der Waals surface area contributed by atoms with Gasteiger partial charge in [-0.1, -0.05) is 0 Å². The van der Waals surface area contributed by atoms with Crippen LogP contribution in [0.1, 0.15) is 44.0 Å². The van der Waals surface area contributed by atoms with E-state index in [1.807, 2.05) is 6.92 Å². The highest BCUT2D eigenvalue weighted by Gasteiger charge is 2.26. The highest BCUT2D eigenvalue weighted by molar-refractivity contribution is 4.89. The van der Waals surface area contributed by atoms with Crippen molar-refractivity contribution in [2.75, 3.05) is 33.7 Å². The summed E-state index contributed by atoms with van der Waals surface area (Å²) in [6.45, 7) is 7.48. The van der Waals surface area contributed by atoms with Crippen molar-refractivity contribution in [3.8, 4) is 0 Å². The van der Waals surface area contributed by atoms with Crippen LogP contribution in [-0.4, -0.2) is 53.7 Å². The minimum atomic E-state index is 0.246. The van der Waals surface area contributed by atoms with E-state index in [-0.39, 0.29) is 6.04 Å². The third kappa shape index (κ3) is 4.01. The second-order valence-electron chi connectivity index (χ2n) is 5.91. The Morgan fingerprint density at radius 1 is 1.32 bits per heavy atom. The highest BCUT2D eigenvalue weighted by Crippen LogP contribution is 2.27. The van der Waals surface area contributed by atoms with Gasteiger partial charge >= 0.3 is 0 Å². The quantitative estimate of drug-likeness (QED) is 0.816. The van der Waals surface area contributed by atoms with Crippen molar-refractivity contribution in [1.29, 1.82) is 0 Å². The maximum Gasteiger partial charge on any atom is 0.233 e. The van der Waals surface area contributed by atoms with Crippen LogP contribution in [0.2, 0.25) is 0 Å². The molecule has 5 heteroatoms. The lowest BCUT2D eigenvalue weighted by Crippen LogP contribution is -2.36. The molecule has 0 aromatic carbocycles. The summed E-state index contributed by atoms with van der Waals surface area (Å²) in [6, 6.07) is 0.246. The first-order valence-electron chi connectivity index (χ1n) is 7.25. The Balaban J connectivity index is 1.79. The first-order chi connectivity index (χ1) is 9.06. The fourth-order valence-electron chi connectivity index (χ4n) is 2.71. The van der Waals surface area contributed by atoms with Gasteiger partial charge in [0.1, 0.15) is 0 Å². The Morgan fingerprint density at radius 3 is 2.53 bits per heavy atom. The Labute approximate surface area is 116 Å². The van der Waals surface area contributed by atoms with Gasteiger partial charge in [-0.05, 0) is 65.8 Å². The summed E-state index contributed by atoms with van der Waals surface area (Å²) in [4.78, 5) is 4.73. The van der Waals surface area contributed by atoms with Crippen LogP contribution in [0.15, 0.2) is 4.42 Å². The van der Waals surface area contributed by atoms with E-state index in [2.05, 4.69) is 41.0 Å². The van der Waals surface area contributed by atoms with Gasteiger partial charge in [0, 0.05) is 6.92 Å². The molecular weight excluding hydrogens is 240 g/mol. The van der Waals surface area contributed by atoms with Gasteiger partial charge in [0.05, 0.1) is 6.04 Å². The van der Waals surface area contributed by atoms with Gasteiger partial charge < -0.3 is 9.32 Å². The zero-order valence-electron chi connectivity index (χ0n) is 12.6. The van der Waals surface area contributed by atoms with Gasteiger partial charge in [-0.25, -0.2) is 0 Å². The standard InChI is InChI=1S/C14H26N4O/c1-11(14-16-15-12(2)19-14)18-9-6-13(7-10-18)5-8-17(3)4/h11,13H,5-10H2,1-4H3/t11-/m1/s1. The van der Waals surface area contributed by atoms with E-state index in [1.54, 1.807) is 0 Å². The molecule has 1 saturated heterocycles. The number of nitrogens with zero attached hydrogens (tertiary/aromatic N) is 4. The van der Waals surface area contributed by atoms with Crippen molar-refractivity contribution >= 4 is 0 Å². The third-order valence-corrected chi connectivity index (χ3v) is 4.08. The van der Waals surface area contributed by atoms with Gasteiger partial charge in [0.15, 0.2) is 0 Å². The molecule has 1 aromatic rings. The normalized spacial score (nSPS) is 20.1. The molecule has 2 heterocycles. The second kappa shape index (κ2) is 6.48. The molecule has 1 atom stereocenters.